The van der Waals surface area contributed by atoms with Crippen LogP contribution in [-0.4, -0.2) is 15.6 Å². The average Bonchev–Trinajstić information content (AvgIpc) is 2.92. The summed E-state index contributed by atoms with van der Waals surface area (Å²) in [6.07, 6.45) is 2.08. The lowest BCUT2D eigenvalue weighted by molar-refractivity contribution is -0.116. The summed E-state index contributed by atoms with van der Waals surface area (Å²) in [6.45, 7) is 1.53. The van der Waals surface area contributed by atoms with Crippen LogP contribution in [0.25, 0.3) is 16.8 Å². The first-order chi connectivity index (χ1) is 11.0. The molecule has 1 heterocycles. The van der Waals surface area contributed by atoms with Crippen molar-refractivity contribution in [1.82, 2.24) is 9.78 Å². The molecule has 23 heavy (non-hydrogen) atoms. The van der Waals surface area contributed by atoms with Crippen LogP contribution in [0.4, 0.5) is 4.39 Å². The Morgan fingerprint density at radius 2 is 1.78 bits per heavy atom. The molecule has 0 saturated carbocycles. The fourth-order valence-corrected chi connectivity index (χ4v) is 2.50. The first-order valence-corrected chi connectivity index (χ1v) is 7.50. The van der Waals surface area contributed by atoms with Gasteiger partial charge in [-0.3, -0.25) is 4.79 Å². The van der Waals surface area contributed by atoms with Crippen LogP contribution in [0.1, 0.15) is 12.6 Å². The number of halogens is 2. The minimum atomic E-state index is -0.303. The molecule has 0 aliphatic heterocycles. The largest absolute Gasteiger partial charge is 0.300 e. The van der Waals surface area contributed by atoms with Crippen LogP contribution in [-0.2, 0) is 11.2 Å². The summed E-state index contributed by atoms with van der Waals surface area (Å²) >= 11 is 5.93. The van der Waals surface area contributed by atoms with Gasteiger partial charge in [0.2, 0.25) is 0 Å². The molecule has 0 fully saturated rings. The maximum atomic E-state index is 13.1. The molecular weight excluding hydrogens is 315 g/mol. The highest BCUT2D eigenvalue weighted by molar-refractivity contribution is 6.30. The summed E-state index contributed by atoms with van der Waals surface area (Å²) in [7, 11) is 0. The van der Waals surface area contributed by atoms with Crippen molar-refractivity contribution < 1.29 is 9.18 Å². The SMILES string of the molecule is CC(=O)Cc1nn(-c2ccc(F)cc2)cc1-c1ccc(Cl)cc1. The molecule has 0 aliphatic carbocycles. The smallest absolute Gasteiger partial charge is 0.135 e. The van der Waals surface area contributed by atoms with E-state index < -0.39 is 0 Å². The molecule has 0 amide bonds. The summed E-state index contributed by atoms with van der Waals surface area (Å²) < 4.78 is 14.7. The van der Waals surface area contributed by atoms with Crippen molar-refractivity contribution in [3.05, 3.63) is 71.3 Å². The third-order valence-corrected chi connectivity index (χ3v) is 3.71. The second-order valence-corrected chi connectivity index (χ2v) is 5.73. The van der Waals surface area contributed by atoms with E-state index in [-0.39, 0.29) is 18.0 Å². The van der Waals surface area contributed by atoms with Gasteiger partial charge in [-0.15, -0.1) is 0 Å². The number of hydrogen-bond acceptors (Lipinski definition) is 2. The minimum Gasteiger partial charge on any atom is -0.300 e. The zero-order valence-corrected chi connectivity index (χ0v) is 13.2. The maximum Gasteiger partial charge on any atom is 0.135 e. The van der Waals surface area contributed by atoms with Gasteiger partial charge in [0.1, 0.15) is 11.6 Å². The summed E-state index contributed by atoms with van der Waals surface area (Å²) in [5.41, 5.74) is 3.21. The van der Waals surface area contributed by atoms with Crippen molar-refractivity contribution in [2.24, 2.45) is 0 Å². The number of aromatic nitrogens is 2. The summed E-state index contributed by atoms with van der Waals surface area (Å²) in [5, 5.41) is 5.14. The van der Waals surface area contributed by atoms with E-state index in [2.05, 4.69) is 5.10 Å². The topological polar surface area (TPSA) is 34.9 Å². The molecule has 0 radical (unpaired) electrons. The molecular formula is C18H14ClFN2O. The normalized spacial score (nSPS) is 10.7. The van der Waals surface area contributed by atoms with E-state index in [4.69, 9.17) is 11.6 Å². The number of carbonyl (C=O) groups is 1. The molecule has 3 nitrogen and oxygen atoms in total. The summed E-state index contributed by atoms with van der Waals surface area (Å²) in [4.78, 5) is 11.5. The van der Waals surface area contributed by atoms with E-state index in [1.165, 1.54) is 19.1 Å². The van der Waals surface area contributed by atoms with Gasteiger partial charge < -0.3 is 0 Å². The molecule has 3 rings (SSSR count). The number of nitrogens with zero attached hydrogens (tertiary/aromatic N) is 2. The number of Topliss-reactive ketones (excluding diaryl/α,β-unsaturated/α-hetero) is 1. The van der Waals surface area contributed by atoms with E-state index in [0.29, 0.717) is 10.7 Å². The summed E-state index contributed by atoms with van der Waals surface area (Å²) in [5.74, 6) is -0.271. The lowest BCUT2D eigenvalue weighted by Crippen LogP contribution is -2.01. The molecule has 0 N–H and O–H groups in total. The maximum absolute atomic E-state index is 13.1. The Hall–Kier alpha value is -2.46. The molecule has 0 bridgehead atoms. The first kappa shape index (κ1) is 15.4. The zero-order chi connectivity index (χ0) is 16.4. The predicted octanol–water partition coefficient (Wildman–Crippen LogP) is 4.46. The van der Waals surface area contributed by atoms with Crippen molar-refractivity contribution in [3.63, 3.8) is 0 Å². The highest BCUT2D eigenvalue weighted by atomic mass is 35.5. The number of carbonyl (C=O) groups excluding carboxylic acids is 1. The highest BCUT2D eigenvalue weighted by Crippen LogP contribution is 2.26. The van der Waals surface area contributed by atoms with Gasteiger partial charge in [0.15, 0.2) is 0 Å². The molecule has 0 aliphatic rings. The molecule has 0 saturated heterocycles. The Morgan fingerprint density at radius 3 is 2.39 bits per heavy atom. The second-order valence-electron chi connectivity index (χ2n) is 5.30. The number of rotatable bonds is 4. The van der Waals surface area contributed by atoms with E-state index in [1.807, 2.05) is 18.3 Å². The fourth-order valence-electron chi connectivity index (χ4n) is 2.37. The van der Waals surface area contributed by atoms with Crippen molar-refractivity contribution in [2.75, 3.05) is 0 Å². The van der Waals surface area contributed by atoms with Gasteiger partial charge in [-0.05, 0) is 48.9 Å². The fraction of sp³-hybridized carbons (Fsp3) is 0.111. The quantitative estimate of drug-likeness (QED) is 0.708. The van der Waals surface area contributed by atoms with Crippen molar-refractivity contribution in [3.8, 4) is 16.8 Å². The van der Waals surface area contributed by atoms with Crippen LogP contribution in [0.3, 0.4) is 0 Å². The zero-order valence-electron chi connectivity index (χ0n) is 12.5. The Labute approximate surface area is 138 Å². The average molecular weight is 329 g/mol. The predicted molar refractivity (Wildman–Crippen MR) is 88.4 cm³/mol. The van der Waals surface area contributed by atoms with E-state index >= 15 is 0 Å². The first-order valence-electron chi connectivity index (χ1n) is 7.13. The molecule has 0 atom stereocenters. The third-order valence-electron chi connectivity index (χ3n) is 3.45. The number of benzene rings is 2. The van der Waals surface area contributed by atoms with Crippen LogP contribution in [0.2, 0.25) is 5.02 Å². The third kappa shape index (κ3) is 3.48. The van der Waals surface area contributed by atoms with Gasteiger partial charge in [-0.25, -0.2) is 9.07 Å². The Bertz CT molecular complexity index is 838. The van der Waals surface area contributed by atoms with Gasteiger partial charge >= 0.3 is 0 Å². The van der Waals surface area contributed by atoms with Gasteiger partial charge in [0.05, 0.1) is 17.8 Å². The van der Waals surface area contributed by atoms with Crippen molar-refractivity contribution >= 4 is 17.4 Å². The van der Waals surface area contributed by atoms with E-state index in [1.54, 1.807) is 28.9 Å². The molecule has 1 aromatic heterocycles. The summed E-state index contributed by atoms with van der Waals surface area (Å²) in [6, 6.07) is 13.4. The van der Waals surface area contributed by atoms with Crippen molar-refractivity contribution in [1.29, 1.82) is 0 Å². The molecule has 5 heteroatoms. The minimum absolute atomic E-state index is 0.0320. The monoisotopic (exact) mass is 328 g/mol. The molecule has 116 valence electrons. The molecule has 3 aromatic rings. The van der Waals surface area contributed by atoms with Gasteiger partial charge in [-0.2, -0.15) is 5.10 Å². The number of hydrogen-bond donors (Lipinski definition) is 0. The lowest BCUT2D eigenvalue weighted by atomic mass is 10.0. The van der Waals surface area contributed by atoms with Gasteiger partial charge in [0, 0.05) is 16.8 Å². The second kappa shape index (κ2) is 6.34. The Morgan fingerprint density at radius 1 is 1.13 bits per heavy atom. The standard InChI is InChI=1S/C18H14ClFN2O/c1-12(23)10-18-17(13-2-4-14(19)5-3-13)11-22(21-18)16-8-6-15(20)7-9-16/h2-9,11H,10H2,1H3. The van der Waals surface area contributed by atoms with E-state index in [0.717, 1.165) is 16.8 Å². The Balaban J connectivity index is 2.08. The number of ketones is 1. The van der Waals surface area contributed by atoms with Crippen LogP contribution < -0.4 is 0 Å². The molecule has 0 spiro atoms. The lowest BCUT2D eigenvalue weighted by Gasteiger charge is -2.00. The van der Waals surface area contributed by atoms with Crippen molar-refractivity contribution in [2.45, 2.75) is 13.3 Å². The highest BCUT2D eigenvalue weighted by Gasteiger charge is 2.14. The van der Waals surface area contributed by atoms with E-state index in [9.17, 15) is 9.18 Å². The Kier molecular flexibility index (Phi) is 4.26. The van der Waals surface area contributed by atoms with Crippen LogP contribution in [0.15, 0.2) is 54.7 Å². The molecule has 2 aromatic carbocycles. The molecule has 0 unspecified atom stereocenters. The van der Waals surface area contributed by atoms with Crippen LogP contribution in [0, 0.1) is 5.82 Å². The van der Waals surface area contributed by atoms with Crippen LogP contribution >= 0.6 is 11.6 Å². The van der Waals surface area contributed by atoms with Crippen LogP contribution in [0.5, 0.6) is 0 Å². The van der Waals surface area contributed by atoms with Gasteiger partial charge in [0.25, 0.3) is 0 Å². The van der Waals surface area contributed by atoms with Gasteiger partial charge in [-0.1, -0.05) is 23.7 Å².